The molecule has 5 nitrogen and oxygen atoms in total. The van der Waals surface area contributed by atoms with Crippen LogP contribution >= 0.6 is 0 Å². The van der Waals surface area contributed by atoms with Crippen molar-refractivity contribution in [3.05, 3.63) is 30.1 Å². The Hall–Kier alpha value is -2.83. The molecule has 0 saturated heterocycles. The van der Waals surface area contributed by atoms with Crippen LogP contribution in [0.2, 0.25) is 0 Å². The van der Waals surface area contributed by atoms with Crippen molar-refractivity contribution >= 4 is 6.15 Å². The molecule has 20 heavy (non-hydrogen) atoms. The molecule has 0 aliphatic carbocycles. The molecule has 100 valence electrons. The first-order valence-corrected chi connectivity index (χ1v) is 6.33. The third kappa shape index (κ3) is 5.68. The SMILES string of the molecule is CCCC[n+]1cccc(C)c1.N#C[B-](C#N)(C#N)C#N. The van der Waals surface area contributed by atoms with Crippen LogP contribution in [0.1, 0.15) is 25.3 Å². The predicted octanol–water partition coefficient (Wildman–Crippen LogP) is 1.77. The molecule has 1 rings (SSSR count). The summed E-state index contributed by atoms with van der Waals surface area (Å²) in [4.78, 5) is 0. The zero-order valence-corrected chi connectivity index (χ0v) is 11.7. The molecular formula is C14H16BN5. The lowest BCUT2D eigenvalue weighted by molar-refractivity contribution is -0.697. The van der Waals surface area contributed by atoms with E-state index in [9.17, 15) is 0 Å². The predicted molar refractivity (Wildman–Crippen MR) is 74.5 cm³/mol. The molecule has 0 radical (unpaired) electrons. The van der Waals surface area contributed by atoms with E-state index in [1.807, 2.05) is 0 Å². The van der Waals surface area contributed by atoms with E-state index >= 15 is 0 Å². The molecule has 0 unspecified atom stereocenters. The summed E-state index contributed by atoms with van der Waals surface area (Å²) < 4.78 is 2.25. The zero-order valence-electron chi connectivity index (χ0n) is 11.7. The van der Waals surface area contributed by atoms with Crippen LogP contribution in [-0.2, 0) is 6.54 Å². The lowest BCUT2D eigenvalue weighted by atomic mass is 9.30. The van der Waals surface area contributed by atoms with Gasteiger partial charge in [-0.05, 0) is 13.0 Å². The summed E-state index contributed by atoms with van der Waals surface area (Å²) in [6.07, 6.45) is 4.13. The Balaban J connectivity index is 0.000000370. The van der Waals surface area contributed by atoms with Gasteiger partial charge in [0.1, 0.15) is 6.54 Å². The van der Waals surface area contributed by atoms with E-state index in [1.54, 1.807) is 0 Å². The van der Waals surface area contributed by atoms with Crippen LogP contribution in [0.25, 0.3) is 0 Å². The highest BCUT2D eigenvalue weighted by atomic mass is 14.9. The highest BCUT2D eigenvalue weighted by Gasteiger charge is 2.22. The van der Waals surface area contributed by atoms with Crippen LogP contribution in [0.3, 0.4) is 0 Å². The molecule has 6 heteroatoms. The smallest absolute Gasteiger partial charge is 0.245 e. The fraction of sp³-hybridized carbons (Fsp3) is 0.357. The van der Waals surface area contributed by atoms with Crippen LogP contribution in [0, 0.1) is 51.8 Å². The van der Waals surface area contributed by atoms with Gasteiger partial charge in [0.05, 0.1) is 0 Å². The van der Waals surface area contributed by atoms with E-state index < -0.39 is 6.15 Å². The molecule has 0 amide bonds. The Morgan fingerprint density at radius 1 is 1.10 bits per heavy atom. The Morgan fingerprint density at radius 2 is 1.65 bits per heavy atom. The third-order valence-electron chi connectivity index (χ3n) is 2.55. The molecule has 0 fully saturated rings. The standard InChI is InChI=1S/C10H16N.C4BN4/c1-3-4-7-11-8-5-6-10(2)9-11;6-1-5(2-7,3-8)4-9/h5-6,8-9H,3-4,7H2,1-2H3;/q+1;-1. The highest BCUT2D eigenvalue weighted by Crippen LogP contribution is 1.92. The van der Waals surface area contributed by atoms with Gasteiger partial charge in [-0.25, -0.2) is 25.6 Å². The van der Waals surface area contributed by atoms with E-state index in [2.05, 4.69) is 42.9 Å². The fourth-order valence-corrected chi connectivity index (χ4v) is 1.31. The summed E-state index contributed by atoms with van der Waals surface area (Å²) in [5, 5.41) is 32.3. The van der Waals surface area contributed by atoms with Gasteiger partial charge in [0.2, 0.25) is 0 Å². The zero-order chi connectivity index (χ0) is 15.4. The molecule has 0 atom stereocenters. The minimum atomic E-state index is -2.72. The van der Waals surface area contributed by atoms with Crippen LogP contribution < -0.4 is 4.57 Å². The van der Waals surface area contributed by atoms with Crippen molar-refractivity contribution in [3.63, 3.8) is 0 Å². The molecule has 0 N–H and O–H groups in total. The Morgan fingerprint density at radius 3 is 2.00 bits per heavy atom. The second-order valence-electron chi connectivity index (χ2n) is 4.36. The molecule has 0 aliphatic heterocycles. The van der Waals surface area contributed by atoms with Crippen molar-refractivity contribution in [3.8, 4) is 23.9 Å². The molecular weight excluding hydrogens is 249 g/mol. The number of rotatable bonds is 3. The number of unbranched alkanes of at least 4 members (excludes halogenated alkanes) is 1. The van der Waals surface area contributed by atoms with Crippen molar-refractivity contribution in [2.75, 3.05) is 0 Å². The van der Waals surface area contributed by atoms with Gasteiger partial charge >= 0.3 is 6.15 Å². The number of hydrogen-bond acceptors (Lipinski definition) is 4. The molecule has 1 aromatic rings. The maximum absolute atomic E-state index is 8.09. The molecule has 0 aromatic carbocycles. The molecule has 0 spiro atoms. The van der Waals surface area contributed by atoms with Gasteiger partial charge in [0.25, 0.3) is 0 Å². The second-order valence-corrected chi connectivity index (χ2v) is 4.36. The topological polar surface area (TPSA) is 99.0 Å². The normalized spacial score (nSPS) is 8.90. The molecule has 0 bridgehead atoms. The van der Waals surface area contributed by atoms with E-state index in [1.165, 1.54) is 42.3 Å². The second kappa shape index (κ2) is 9.15. The lowest BCUT2D eigenvalue weighted by Gasteiger charge is -1.98. The molecule has 1 aromatic heterocycles. The lowest BCUT2D eigenvalue weighted by Crippen LogP contribution is -2.32. The van der Waals surface area contributed by atoms with Crippen LogP contribution in [-0.4, -0.2) is 6.15 Å². The van der Waals surface area contributed by atoms with Crippen LogP contribution in [0.15, 0.2) is 24.5 Å². The highest BCUT2D eigenvalue weighted by molar-refractivity contribution is 7.05. The Bertz CT molecular complexity index is 536. The largest absolute Gasteiger partial charge is 0.383 e. The van der Waals surface area contributed by atoms with Gasteiger partial charge in [-0.1, -0.05) is 13.3 Å². The van der Waals surface area contributed by atoms with E-state index in [-0.39, 0.29) is 0 Å². The summed E-state index contributed by atoms with van der Waals surface area (Å²) in [6, 6.07) is 4.23. The van der Waals surface area contributed by atoms with Gasteiger partial charge in [0, 0.05) is 18.1 Å². The summed E-state index contributed by atoms with van der Waals surface area (Å²) in [5.41, 5.74) is 1.34. The van der Waals surface area contributed by atoms with Crippen LogP contribution in [0.5, 0.6) is 0 Å². The summed E-state index contributed by atoms with van der Waals surface area (Å²) >= 11 is 0. The van der Waals surface area contributed by atoms with E-state index in [4.69, 9.17) is 21.0 Å². The Labute approximate surface area is 119 Å². The Kier molecular flexibility index (Phi) is 7.86. The molecule has 0 aliphatic rings. The van der Waals surface area contributed by atoms with Crippen molar-refractivity contribution in [1.29, 1.82) is 21.0 Å². The maximum Gasteiger partial charge on any atom is 0.383 e. The van der Waals surface area contributed by atoms with Gasteiger partial charge in [-0.2, -0.15) is 0 Å². The minimum Gasteiger partial charge on any atom is -0.245 e. The number of aromatic nitrogens is 1. The minimum absolute atomic E-state index is 1.15. The average Bonchev–Trinajstić information content (AvgIpc) is 2.49. The third-order valence-corrected chi connectivity index (χ3v) is 2.55. The number of hydrogen-bond donors (Lipinski definition) is 0. The monoisotopic (exact) mass is 265 g/mol. The maximum atomic E-state index is 8.09. The number of nitrogens with zero attached hydrogens (tertiary/aromatic N) is 5. The molecule has 0 saturated carbocycles. The number of nitriles is 4. The summed E-state index contributed by atoms with van der Waals surface area (Å²) in [7, 11) is 0. The van der Waals surface area contributed by atoms with Gasteiger partial charge in [0.15, 0.2) is 12.4 Å². The summed E-state index contributed by atoms with van der Waals surface area (Å²) in [6.45, 7) is 5.50. The average molecular weight is 265 g/mol. The number of pyridine rings is 1. The van der Waals surface area contributed by atoms with Gasteiger partial charge < -0.3 is 0 Å². The summed E-state index contributed by atoms with van der Waals surface area (Å²) in [5.74, 6) is 5.38. The van der Waals surface area contributed by atoms with Crippen molar-refractivity contribution in [1.82, 2.24) is 0 Å². The molecule has 1 heterocycles. The van der Waals surface area contributed by atoms with Crippen molar-refractivity contribution in [2.45, 2.75) is 33.2 Å². The first kappa shape index (κ1) is 17.2. The number of aryl methyl sites for hydroxylation is 2. The van der Waals surface area contributed by atoms with Gasteiger partial charge in [-0.15, -0.1) is 23.9 Å². The van der Waals surface area contributed by atoms with Crippen LogP contribution in [0.4, 0.5) is 0 Å². The van der Waals surface area contributed by atoms with E-state index in [0.29, 0.717) is 0 Å². The van der Waals surface area contributed by atoms with Crippen molar-refractivity contribution in [2.24, 2.45) is 0 Å². The first-order chi connectivity index (χ1) is 9.57. The van der Waals surface area contributed by atoms with Crippen molar-refractivity contribution < 1.29 is 4.57 Å². The fourth-order valence-electron chi connectivity index (χ4n) is 1.31. The van der Waals surface area contributed by atoms with Gasteiger partial charge in [-0.3, -0.25) is 0 Å². The van der Waals surface area contributed by atoms with E-state index in [0.717, 1.165) is 6.54 Å². The first-order valence-electron chi connectivity index (χ1n) is 6.33. The quantitative estimate of drug-likeness (QED) is 0.614.